The van der Waals surface area contributed by atoms with Gasteiger partial charge in [-0.25, -0.2) is 0 Å². The molecule has 1 amide bonds. The molecular formula is C15H22N2O2. The summed E-state index contributed by atoms with van der Waals surface area (Å²) in [6.07, 6.45) is 4.36. The van der Waals surface area contributed by atoms with Gasteiger partial charge in [0.2, 0.25) is 0 Å². The van der Waals surface area contributed by atoms with E-state index in [0.717, 1.165) is 31.2 Å². The maximum absolute atomic E-state index is 12.7. The van der Waals surface area contributed by atoms with Gasteiger partial charge >= 0.3 is 0 Å². The van der Waals surface area contributed by atoms with Crippen LogP contribution in [0.25, 0.3) is 0 Å². The minimum Gasteiger partial charge on any atom is -0.398 e. The molecule has 1 aromatic rings. The van der Waals surface area contributed by atoms with Gasteiger partial charge in [0.05, 0.1) is 12.2 Å². The summed E-state index contributed by atoms with van der Waals surface area (Å²) < 4.78 is 0. The molecule has 1 aliphatic carbocycles. The van der Waals surface area contributed by atoms with E-state index in [1.165, 1.54) is 0 Å². The smallest absolute Gasteiger partial charge is 0.256 e. The van der Waals surface area contributed by atoms with Crippen molar-refractivity contribution < 1.29 is 9.90 Å². The number of nitrogens with zero attached hydrogens (tertiary/aromatic N) is 1. The SMILES string of the molecule is Cc1cccc(N)c1C(=O)N(CCO)C1CCCC1. The Kier molecular flexibility index (Phi) is 4.43. The minimum absolute atomic E-state index is 0.00593. The van der Waals surface area contributed by atoms with Crippen LogP contribution in [-0.2, 0) is 0 Å². The number of hydrogen-bond donors (Lipinski definition) is 2. The highest BCUT2D eigenvalue weighted by atomic mass is 16.3. The number of benzene rings is 1. The van der Waals surface area contributed by atoms with Gasteiger partial charge in [-0.2, -0.15) is 0 Å². The lowest BCUT2D eigenvalue weighted by atomic mass is 10.0. The average molecular weight is 262 g/mol. The lowest BCUT2D eigenvalue weighted by Crippen LogP contribution is -2.41. The first-order valence-corrected chi connectivity index (χ1v) is 6.92. The van der Waals surface area contributed by atoms with Gasteiger partial charge in [-0.05, 0) is 31.4 Å². The molecule has 0 radical (unpaired) electrons. The van der Waals surface area contributed by atoms with E-state index >= 15 is 0 Å². The molecule has 4 heteroatoms. The molecule has 1 aliphatic rings. The van der Waals surface area contributed by atoms with E-state index in [2.05, 4.69) is 0 Å². The van der Waals surface area contributed by atoms with Crippen molar-refractivity contribution in [1.82, 2.24) is 4.90 Å². The van der Waals surface area contributed by atoms with Crippen molar-refractivity contribution in [2.45, 2.75) is 38.6 Å². The Morgan fingerprint density at radius 3 is 2.68 bits per heavy atom. The molecule has 3 N–H and O–H groups in total. The third kappa shape index (κ3) is 2.89. The Morgan fingerprint density at radius 2 is 2.11 bits per heavy atom. The first kappa shape index (κ1) is 13.9. The Labute approximate surface area is 114 Å². The summed E-state index contributed by atoms with van der Waals surface area (Å²) in [6.45, 7) is 2.28. The number of nitrogens with two attached hydrogens (primary N) is 1. The van der Waals surface area contributed by atoms with E-state index in [1.54, 1.807) is 11.0 Å². The van der Waals surface area contributed by atoms with E-state index in [0.29, 0.717) is 17.8 Å². The Morgan fingerprint density at radius 1 is 1.42 bits per heavy atom. The topological polar surface area (TPSA) is 66.6 Å². The Bertz CT molecular complexity index is 433. The Balaban J connectivity index is 2.28. The molecule has 1 fully saturated rings. The van der Waals surface area contributed by atoms with Crippen LogP contribution in [0.15, 0.2) is 18.2 Å². The fraction of sp³-hybridized carbons (Fsp3) is 0.533. The van der Waals surface area contributed by atoms with Crippen molar-refractivity contribution in [1.29, 1.82) is 0 Å². The molecule has 1 aromatic carbocycles. The molecule has 0 saturated heterocycles. The van der Waals surface area contributed by atoms with Crippen LogP contribution in [0.3, 0.4) is 0 Å². The fourth-order valence-electron chi connectivity index (χ4n) is 2.90. The van der Waals surface area contributed by atoms with E-state index < -0.39 is 0 Å². The van der Waals surface area contributed by atoms with E-state index in [4.69, 9.17) is 5.73 Å². The number of carbonyl (C=O) groups excluding carboxylic acids is 1. The zero-order valence-corrected chi connectivity index (χ0v) is 11.4. The van der Waals surface area contributed by atoms with Gasteiger partial charge < -0.3 is 15.7 Å². The largest absolute Gasteiger partial charge is 0.398 e. The molecule has 0 spiro atoms. The lowest BCUT2D eigenvalue weighted by molar-refractivity contribution is 0.0638. The zero-order chi connectivity index (χ0) is 13.8. The van der Waals surface area contributed by atoms with E-state index in [9.17, 15) is 9.90 Å². The first-order valence-electron chi connectivity index (χ1n) is 6.92. The molecule has 0 atom stereocenters. The van der Waals surface area contributed by atoms with Crippen molar-refractivity contribution >= 4 is 11.6 Å². The maximum Gasteiger partial charge on any atom is 0.256 e. The van der Waals surface area contributed by atoms with Gasteiger partial charge in [-0.1, -0.05) is 25.0 Å². The lowest BCUT2D eigenvalue weighted by Gasteiger charge is -2.29. The molecule has 1 saturated carbocycles. The number of rotatable bonds is 4. The molecule has 19 heavy (non-hydrogen) atoms. The second-order valence-electron chi connectivity index (χ2n) is 5.20. The maximum atomic E-state index is 12.7. The molecular weight excluding hydrogens is 240 g/mol. The number of nitrogen functional groups attached to an aromatic ring is 1. The predicted octanol–water partition coefficient (Wildman–Crippen LogP) is 1.95. The van der Waals surface area contributed by atoms with Gasteiger partial charge in [0, 0.05) is 18.3 Å². The minimum atomic E-state index is -0.0449. The number of carbonyl (C=O) groups is 1. The highest BCUT2D eigenvalue weighted by Gasteiger charge is 2.28. The third-order valence-corrected chi connectivity index (χ3v) is 3.89. The number of amides is 1. The monoisotopic (exact) mass is 262 g/mol. The van der Waals surface area contributed by atoms with Gasteiger partial charge in [-0.3, -0.25) is 4.79 Å². The third-order valence-electron chi connectivity index (χ3n) is 3.89. The summed E-state index contributed by atoms with van der Waals surface area (Å²) in [4.78, 5) is 14.5. The molecule has 4 nitrogen and oxygen atoms in total. The highest BCUT2D eigenvalue weighted by Crippen LogP contribution is 2.27. The Hall–Kier alpha value is -1.55. The van der Waals surface area contributed by atoms with E-state index in [-0.39, 0.29) is 18.6 Å². The number of aliphatic hydroxyl groups is 1. The van der Waals surface area contributed by atoms with Crippen LogP contribution >= 0.6 is 0 Å². The van der Waals surface area contributed by atoms with Crippen molar-refractivity contribution in [3.05, 3.63) is 29.3 Å². The number of hydrogen-bond acceptors (Lipinski definition) is 3. The standard InChI is InChI=1S/C15H22N2O2/c1-11-5-4-8-13(16)14(11)15(19)17(9-10-18)12-6-2-3-7-12/h4-5,8,12,18H,2-3,6-7,9-10,16H2,1H3. The molecule has 0 aromatic heterocycles. The molecule has 0 heterocycles. The molecule has 2 rings (SSSR count). The first-order chi connectivity index (χ1) is 9.15. The quantitative estimate of drug-likeness (QED) is 0.815. The summed E-state index contributed by atoms with van der Waals surface area (Å²) in [6, 6.07) is 5.76. The summed E-state index contributed by atoms with van der Waals surface area (Å²) in [7, 11) is 0. The van der Waals surface area contributed by atoms with Crippen LogP contribution < -0.4 is 5.73 Å². The van der Waals surface area contributed by atoms with Crippen molar-refractivity contribution in [2.75, 3.05) is 18.9 Å². The van der Waals surface area contributed by atoms with Crippen LogP contribution in [0, 0.1) is 6.92 Å². The van der Waals surface area contributed by atoms with Crippen molar-refractivity contribution in [3.63, 3.8) is 0 Å². The van der Waals surface area contributed by atoms with Crippen molar-refractivity contribution in [3.8, 4) is 0 Å². The molecule has 0 aliphatic heterocycles. The van der Waals surface area contributed by atoms with Crippen LogP contribution in [0.1, 0.15) is 41.6 Å². The van der Waals surface area contributed by atoms with Crippen LogP contribution in [0.5, 0.6) is 0 Å². The van der Waals surface area contributed by atoms with E-state index in [1.807, 2.05) is 19.1 Å². The second kappa shape index (κ2) is 6.06. The van der Waals surface area contributed by atoms with Gasteiger partial charge in [0.15, 0.2) is 0 Å². The average Bonchev–Trinajstić information content (AvgIpc) is 2.89. The number of aliphatic hydroxyl groups excluding tert-OH is 1. The van der Waals surface area contributed by atoms with Gasteiger partial charge in [0.25, 0.3) is 5.91 Å². The summed E-state index contributed by atoms with van der Waals surface area (Å²) in [5.41, 5.74) is 7.94. The van der Waals surface area contributed by atoms with Crippen LogP contribution in [0.2, 0.25) is 0 Å². The number of anilines is 1. The summed E-state index contributed by atoms with van der Waals surface area (Å²) >= 11 is 0. The van der Waals surface area contributed by atoms with Gasteiger partial charge in [-0.15, -0.1) is 0 Å². The molecule has 0 unspecified atom stereocenters. The fourth-order valence-corrected chi connectivity index (χ4v) is 2.90. The summed E-state index contributed by atoms with van der Waals surface area (Å²) in [5.74, 6) is -0.0449. The zero-order valence-electron chi connectivity index (χ0n) is 11.4. The number of aryl methyl sites for hydroxylation is 1. The normalized spacial score (nSPS) is 15.7. The highest BCUT2D eigenvalue weighted by molar-refractivity contribution is 6.00. The van der Waals surface area contributed by atoms with Crippen LogP contribution in [-0.4, -0.2) is 35.1 Å². The predicted molar refractivity (Wildman–Crippen MR) is 76.0 cm³/mol. The van der Waals surface area contributed by atoms with Crippen molar-refractivity contribution in [2.24, 2.45) is 0 Å². The second-order valence-corrected chi connectivity index (χ2v) is 5.20. The molecule has 0 bridgehead atoms. The van der Waals surface area contributed by atoms with Crippen LogP contribution in [0.4, 0.5) is 5.69 Å². The summed E-state index contributed by atoms with van der Waals surface area (Å²) in [5, 5.41) is 9.21. The molecule has 104 valence electrons. The van der Waals surface area contributed by atoms with Gasteiger partial charge in [0.1, 0.15) is 0 Å².